The van der Waals surface area contributed by atoms with Crippen LogP contribution in [0.15, 0.2) is 30.5 Å². The molecule has 1 fully saturated rings. The molecule has 1 aromatic carbocycles. The summed E-state index contributed by atoms with van der Waals surface area (Å²) in [6.45, 7) is 0.793. The average Bonchev–Trinajstić information content (AvgIpc) is 3.14. The topological polar surface area (TPSA) is 64.5 Å². The van der Waals surface area contributed by atoms with Crippen LogP contribution >= 0.6 is 0 Å². The van der Waals surface area contributed by atoms with Crippen LogP contribution in [0.2, 0.25) is 0 Å². The molecule has 0 saturated heterocycles. The number of nitriles is 1. The van der Waals surface area contributed by atoms with E-state index in [2.05, 4.69) is 21.4 Å². The quantitative estimate of drug-likeness (QED) is 0.858. The molecule has 0 spiro atoms. The molecule has 1 aromatic heterocycles. The van der Waals surface area contributed by atoms with E-state index in [0.29, 0.717) is 11.6 Å². The van der Waals surface area contributed by atoms with Gasteiger partial charge in [-0.25, -0.2) is 4.98 Å². The Labute approximate surface area is 106 Å². The number of benzene rings is 1. The van der Waals surface area contributed by atoms with Gasteiger partial charge in [-0.15, -0.1) is 0 Å². The highest BCUT2D eigenvalue weighted by Crippen LogP contribution is 2.20. The average molecular weight is 238 g/mol. The van der Waals surface area contributed by atoms with Crippen LogP contribution in [0.25, 0.3) is 11.3 Å². The summed E-state index contributed by atoms with van der Waals surface area (Å²) in [5, 5.41) is 12.2. The number of hydrogen-bond donors (Lipinski definition) is 2. The highest BCUT2D eigenvalue weighted by Gasteiger charge is 2.20. The summed E-state index contributed by atoms with van der Waals surface area (Å²) in [4.78, 5) is 7.65. The fourth-order valence-corrected chi connectivity index (χ4v) is 1.85. The van der Waals surface area contributed by atoms with Crippen LogP contribution in [0.4, 0.5) is 0 Å². The molecule has 4 nitrogen and oxygen atoms in total. The van der Waals surface area contributed by atoms with E-state index in [1.54, 1.807) is 0 Å². The lowest BCUT2D eigenvalue weighted by Crippen LogP contribution is -2.16. The summed E-state index contributed by atoms with van der Waals surface area (Å²) in [6, 6.07) is 10.3. The van der Waals surface area contributed by atoms with Crippen molar-refractivity contribution >= 4 is 0 Å². The summed E-state index contributed by atoms with van der Waals surface area (Å²) < 4.78 is 0. The Kier molecular flexibility index (Phi) is 2.83. The molecule has 1 saturated carbocycles. The molecule has 1 heterocycles. The van der Waals surface area contributed by atoms with Gasteiger partial charge in [0.1, 0.15) is 5.82 Å². The number of imidazole rings is 1. The maximum Gasteiger partial charge on any atom is 0.120 e. The smallest absolute Gasteiger partial charge is 0.120 e. The minimum atomic E-state index is 0.675. The maximum absolute atomic E-state index is 8.75. The number of rotatable bonds is 4. The fraction of sp³-hybridized carbons (Fsp3) is 0.286. The third-order valence-electron chi connectivity index (χ3n) is 3.09. The van der Waals surface area contributed by atoms with Gasteiger partial charge in [-0.2, -0.15) is 5.26 Å². The van der Waals surface area contributed by atoms with Gasteiger partial charge >= 0.3 is 0 Å². The SMILES string of the molecule is N#Cc1ccc(-c2cnc(CNC3CC3)[nH]2)cc1. The lowest BCUT2D eigenvalue weighted by atomic mass is 10.1. The second-order valence-corrected chi connectivity index (χ2v) is 4.59. The van der Waals surface area contributed by atoms with Gasteiger partial charge in [0, 0.05) is 6.04 Å². The molecule has 90 valence electrons. The van der Waals surface area contributed by atoms with Crippen LogP contribution in [0.1, 0.15) is 24.2 Å². The highest BCUT2D eigenvalue weighted by molar-refractivity contribution is 5.59. The molecule has 1 aliphatic rings. The van der Waals surface area contributed by atoms with Crippen LogP contribution in [0.3, 0.4) is 0 Å². The minimum Gasteiger partial charge on any atom is -0.341 e. The Bertz CT molecular complexity index is 573. The van der Waals surface area contributed by atoms with Crippen LogP contribution in [-0.4, -0.2) is 16.0 Å². The van der Waals surface area contributed by atoms with Gasteiger partial charge in [-0.1, -0.05) is 12.1 Å². The summed E-state index contributed by atoms with van der Waals surface area (Å²) in [5.41, 5.74) is 2.72. The molecule has 0 amide bonds. The van der Waals surface area contributed by atoms with E-state index in [0.717, 1.165) is 23.6 Å². The Morgan fingerprint density at radius 2 is 2.11 bits per heavy atom. The second-order valence-electron chi connectivity index (χ2n) is 4.59. The van der Waals surface area contributed by atoms with Crippen molar-refractivity contribution < 1.29 is 0 Å². The summed E-state index contributed by atoms with van der Waals surface area (Å²) in [7, 11) is 0. The standard InChI is InChI=1S/C14H14N4/c15-7-10-1-3-11(4-2-10)13-8-17-14(18-13)9-16-12-5-6-12/h1-4,8,12,16H,5-6,9H2,(H,17,18). The Balaban J connectivity index is 1.72. The predicted octanol–water partition coefficient (Wildman–Crippen LogP) is 2.20. The van der Waals surface area contributed by atoms with Crippen molar-refractivity contribution in [3.63, 3.8) is 0 Å². The first-order chi connectivity index (χ1) is 8.85. The molecular formula is C14H14N4. The van der Waals surface area contributed by atoms with Crippen molar-refractivity contribution in [1.29, 1.82) is 5.26 Å². The molecule has 3 rings (SSSR count). The molecular weight excluding hydrogens is 224 g/mol. The van der Waals surface area contributed by atoms with Crippen molar-refractivity contribution in [1.82, 2.24) is 15.3 Å². The molecule has 4 heteroatoms. The monoisotopic (exact) mass is 238 g/mol. The van der Waals surface area contributed by atoms with E-state index in [9.17, 15) is 0 Å². The van der Waals surface area contributed by atoms with E-state index >= 15 is 0 Å². The number of hydrogen-bond acceptors (Lipinski definition) is 3. The highest BCUT2D eigenvalue weighted by atomic mass is 15.0. The van der Waals surface area contributed by atoms with Gasteiger partial charge in [-0.3, -0.25) is 0 Å². The fourth-order valence-electron chi connectivity index (χ4n) is 1.85. The number of nitrogens with one attached hydrogen (secondary N) is 2. The molecule has 1 aliphatic carbocycles. The molecule has 2 N–H and O–H groups in total. The largest absolute Gasteiger partial charge is 0.341 e. The van der Waals surface area contributed by atoms with E-state index in [1.807, 2.05) is 30.5 Å². The minimum absolute atomic E-state index is 0.675. The van der Waals surface area contributed by atoms with E-state index in [1.165, 1.54) is 12.8 Å². The lowest BCUT2D eigenvalue weighted by Gasteiger charge is -1.99. The molecule has 0 unspecified atom stereocenters. The number of aromatic nitrogens is 2. The van der Waals surface area contributed by atoms with Crippen molar-refractivity contribution in [3.05, 3.63) is 41.9 Å². The zero-order valence-electron chi connectivity index (χ0n) is 9.98. The first-order valence-electron chi connectivity index (χ1n) is 6.13. The maximum atomic E-state index is 8.75. The van der Waals surface area contributed by atoms with Crippen LogP contribution < -0.4 is 5.32 Å². The third-order valence-corrected chi connectivity index (χ3v) is 3.09. The Morgan fingerprint density at radius 1 is 1.33 bits per heavy atom. The zero-order valence-corrected chi connectivity index (χ0v) is 9.98. The molecule has 0 aliphatic heterocycles. The summed E-state index contributed by atoms with van der Waals surface area (Å²) in [6.07, 6.45) is 4.40. The van der Waals surface area contributed by atoms with Gasteiger partial charge in [0.15, 0.2) is 0 Å². The number of aromatic amines is 1. The second kappa shape index (κ2) is 4.63. The van der Waals surface area contributed by atoms with Gasteiger partial charge in [0.25, 0.3) is 0 Å². The van der Waals surface area contributed by atoms with Gasteiger partial charge in [0.05, 0.1) is 30.1 Å². The Hall–Kier alpha value is -2.12. The van der Waals surface area contributed by atoms with Crippen molar-refractivity contribution in [3.8, 4) is 17.3 Å². The summed E-state index contributed by atoms with van der Waals surface area (Å²) in [5.74, 6) is 0.959. The van der Waals surface area contributed by atoms with Crippen molar-refractivity contribution in [2.75, 3.05) is 0 Å². The van der Waals surface area contributed by atoms with Crippen LogP contribution in [0, 0.1) is 11.3 Å². The molecule has 0 radical (unpaired) electrons. The molecule has 0 bridgehead atoms. The number of H-pyrrole nitrogens is 1. The van der Waals surface area contributed by atoms with Crippen LogP contribution in [-0.2, 0) is 6.54 Å². The first kappa shape index (κ1) is 11.0. The molecule has 18 heavy (non-hydrogen) atoms. The van der Waals surface area contributed by atoms with Gasteiger partial charge in [-0.05, 0) is 30.5 Å². The first-order valence-corrected chi connectivity index (χ1v) is 6.13. The lowest BCUT2D eigenvalue weighted by molar-refractivity contribution is 0.664. The van der Waals surface area contributed by atoms with Crippen molar-refractivity contribution in [2.24, 2.45) is 0 Å². The molecule has 2 aromatic rings. The van der Waals surface area contributed by atoms with E-state index < -0.39 is 0 Å². The number of nitrogens with zero attached hydrogens (tertiary/aromatic N) is 2. The van der Waals surface area contributed by atoms with Gasteiger partial charge < -0.3 is 10.3 Å². The zero-order chi connectivity index (χ0) is 12.4. The van der Waals surface area contributed by atoms with E-state index in [-0.39, 0.29) is 0 Å². The predicted molar refractivity (Wildman–Crippen MR) is 68.6 cm³/mol. The van der Waals surface area contributed by atoms with Crippen molar-refractivity contribution in [2.45, 2.75) is 25.4 Å². The summed E-state index contributed by atoms with van der Waals surface area (Å²) >= 11 is 0. The molecule has 0 atom stereocenters. The van der Waals surface area contributed by atoms with Crippen LogP contribution in [0.5, 0.6) is 0 Å². The van der Waals surface area contributed by atoms with Gasteiger partial charge in [0.2, 0.25) is 0 Å². The normalized spacial score (nSPS) is 14.4. The third kappa shape index (κ3) is 2.41. The van der Waals surface area contributed by atoms with E-state index in [4.69, 9.17) is 5.26 Å². The Morgan fingerprint density at radius 3 is 2.78 bits per heavy atom.